The second-order valence-electron chi connectivity index (χ2n) is 7.46. The molecule has 0 radical (unpaired) electrons. The average molecular weight is 403 g/mol. The van der Waals surface area contributed by atoms with Gasteiger partial charge in [0, 0.05) is 17.9 Å². The SMILES string of the molecule is CCc1cc(-c2nn(Cc3ccc(OC)cc3)c3ccnc(NC(C)C)c23)ncn1. The number of aryl methyl sites for hydroxylation is 1. The summed E-state index contributed by atoms with van der Waals surface area (Å²) in [4.78, 5) is 13.4. The van der Waals surface area contributed by atoms with Crippen molar-refractivity contribution in [2.45, 2.75) is 39.8 Å². The highest BCUT2D eigenvalue weighted by atomic mass is 16.5. The third-order valence-electron chi connectivity index (χ3n) is 4.91. The highest BCUT2D eigenvalue weighted by Gasteiger charge is 2.19. The first-order chi connectivity index (χ1) is 14.6. The molecule has 7 heteroatoms. The van der Waals surface area contributed by atoms with Gasteiger partial charge in [0.15, 0.2) is 0 Å². The number of hydrogen-bond donors (Lipinski definition) is 1. The van der Waals surface area contributed by atoms with Crippen molar-refractivity contribution in [3.63, 3.8) is 0 Å². The van der Waals surface area contributed by atoms with Gasteiger partial charge in [0.2, 0.25) is 0 Å². The lowest BCUT2D eigenvalue weighted by molar-refractivity contribution is 0.414. The van der Waals surface area contributed by atoms with E-state index in [2.05, 4.69) is 53.2 Å². The highest BCUT2D eigenvalue weighted by Crippen LogP contribution is 2.32. The number of hydrogen-bond acceptors (Lipinski definition) is 6. The standard InChI is InChI=1S/C23H26N6O/c1-5-17-12-19(26-14-25-17)22-21-20(10-11-24-23(21)27-15(2)3)29(28-22)13-16-6-8-18(30-4)9-7-16/h6-12,14-15H,5,13H2,1-4H3,(H,24,27). The predicted octanol–water partition coefficient (Wildman–Crippen LogP) is 4.33. The van der Waals surface area contributed by atoms with Crippen molar-refractivity contribution in [3.05, 3.63) is 60.2 Å². The largest absolute Gasteiger partial charge is 0.497 e. The normalized spacial score (nSPS) is 11.2. The monoisotopic (exact) mass is 402 g/mol. The Bertz CT molecular complexity index is 1150. The topological polar surface area (TPSA) is 77.8 Å². The van der Waals surface area contributed by atoms with Gasteiger partial charge in [0.25, 0.3) is 0 Å². The second kappa shape index (κ2) is 8.49. The zero-order valence-electron chi connectivity index (χ0n) is 17.8. The highest BCUT2D eigenvalue weighted by molar-refractivity contribution is 6.00. The molecule has 0 amide bonds. The van der Waals surface area contributed by atoms with E-state index in [4.69, 9.17) is 9.84 Å². The van der Waals surface area contributed by atoms with Crippen LogP contribution in [-0.2, 0) is 13.0 Å². The summed E-state index contributed by atoms with van der Waals surface area (Å²) in [7, 11) is 1.67. The number of anilines is 1. The lowest BCUT2D eigenvalue weighted by Gasteiger charge is -2.11. The molecule has 0 spiro atoms. The summed E-state index contributed by atoms with van der Waals surface area (Å²) < 4.78 is 7.28. The van der Waals surface area contributed by atoms with Crippen molar-refractivity contribution in [2.75, 3.05) is 12.4 Å². The van der Waals surface area contributed by atoms with E-state index in [0.29, 0.717) is 6.54 Å². The second-order valence-corrected chi connectivity index (χ2v) is 7.46. The van der Waals surface area contributed by atoms with Gasteiger partial charge >= 0.3 is 0 Å². The van der Waals surface area contributed by atoms with Gasteiger partial charge in [0.1, 0.15) is 23.6 Å². The third kappa shape index (κ3) is 3.96. The van der Waals surface area contributed by atoms with Crippen molar-refractivity contribution in [2.24, 2.45) is 0 Å². The lowest BCUT2D eigenvalue weighted by atomic mass is 10.1. The summed E-state index contributed by atoms with van der Waals surface area (Å²) in [5.41, 5.74) is 4.75. The molecule has 4 aromatic rings. The Morgan fingerprint density at radius 1 is 1.07 bits per heavy atom. The van der Waals surface area contributed by atoms with Crippen LogP contribution in [0.2, 0.25) is 0 Å². The van der Waals surface area contributed by atoms with Crippen LogP contribution >= 0.6 is 0 Å². The third-order valence-corrected chi connectivity index (χ3v) is 4.91. The smallest absolute Gasteiger partial charge is 0.137 e. The molecule has 154 valence electrons. The van der Waals surface area contributed by atoms with Gasteiger partial charge in [-0.25, -0.2) is 15.0 Å². The molecule has 1 aromatic carbocycles. The Kier molecular flexibility index (Phi) is 5.61. The molecule has 7 nitrogen and oxygen atoms in total. The molecule has 0 aliphatic rings. The molecule has 0 aliphatic carbocycles. The summed E-state index contributed by atoms with van der Waals surface area (Å²) in [6.07, 6.45) is 4.27. The zero-order chi connectivity index (χ0) is 21.1. The predicted molar refractivity (Wildman–Crippen MR) is 119 cm³/mol. The molecule has 0 atom stereocenters. The maximum atomic E-state index is 5.27. The van der Waals surface area contributed by atoms with E-state index in [0.717, 1.165) is 51.5 Å². The Hall–Kier alpha value is -3.48. The molecule has 4 rings (SSSR count). The van der Waals surface area contributed by atoms with Gasteiger partial charge in [-0.3, -0.25) is 4.68 Å². The number of pyridine rings is 1. The number of methoxy groups -OCH3 is 1. The minimum Gasteiger partial charge on any atom is -0.497 e. The fourth-order valence-electron chi connectivity index (χ4n) is 3.43. The molecule has 1 N–H and O–H groups in total. The van der Waals surface area contributed by atoms with E-state index in [1.165, 1.54) is 0 Å². The van der Waals surface area contributed by atoms with E-state index in [9.17, 15) is 0 Å². The van der Waals surface area contributed by atoms with Crippen LogP contribution in [0.4, 0.5) is 5.82 Å². The Morgan fingerprint density at radius 2 is 1.87 bits per heavy atom. The summed E-state index contributed by atoms with van der Waals surface area (Å²) in [5.74, 6) is 1.65. The molecule has 0 saturated carbocycles. The fourth-order valence-corrected chi connectivity index (χ4v) is 3.43. The van der Waals surface area contributed by atoms with Gasteiger partial charge in [0.05, 0.1) is 30.3 Å². The van der Waals surface area contributed by atoms with Crippen LogP contribution in [0.15, 0.2) is 48.9 Å². The quantitative estimate of drug-likeness (QED) is 0.496. The Morgan fingerprint density at radius 3 is 2.57 bits per heavy atom. The maximum Gasteiger partial charge on any atom is 0.137 e. The zero-order valence-corrected chi connectivity index (χ0v) is 17.8. The number of aromatic nitrogens is 5. The van der Waals surface area contributed by atoms with Crippen molar-refractivity contribution in [1.82, 2.24) is 24.7 Å². The van der Waals surface area contributed by atoms with Gasteiger partial charge in [-0.2, -0.15) is 5.10 Å². The Balaban J connectivity index is 1.86. The minimum absolute atomic E-state index is 0.248. The van der Waals surface area contributed by atoms with Gasteiger partial charge in [-0.1, -0.05) is 19.1 Å². The van der Waals surface area contributed by atoms with E-state index in [1.54, 1.807) is 13.4 Å². The van der Waals surface area contributed by atoms with Crippen molar-refractivity contribution in [3.8, 4) is 17.1 Å². The molecule has 0 fully saturated rings. The fraction of sp³-hybridized carbons (Fsp3) is 0.304. The summed E-state index contributed by atoms with van der Waals surface area (Å²) >= 11 is 0. The van der Waals surface area contributed by atoms with E-state index < -0.39 is 0 Å². The number of rotatable bonds is 7. The minimum atomic E-state index is 0.248. The van der Waals surface area contributed by atoms with Crippen LogP contribution in [0.5, 0.6) is 5.75 Å². The molecular formula is C23H26N6O. The maximum absolute atomic E-state index is 5.27. The van der Waals surface area contributed by atoms with Crippen LogP contribution in [0.1, 0.15) is 32.0 Å². The van der Waals surface area contributed by atoms with E-state index in [1.807, 2.05) is 35.1 Å². The van der Waals surface area contributed by atoms with Gasteiger partial charge < -0.3 is 10.1 Å². The summed E-state index contributed by atoms with van der Waals surface area (Å²) in [5, 5.41) is 9.38. The average Bonchev–Trinajstić information content (AvgIpc) is 3.13. The summed E-state index contributed by atoms with van der Waals surface area (Å²) in [6, 6.07) is 12.3. The number of ether oxygens (including phenoxy) is 1. The Labute approximate surface area is 176 Å². The lowest BCUT2D eigenvalue weighted by Crippen LogP contribution is -2.11. The molecule has 0 aliphatic heterocycles. The van der Waals surface area contributed by atoms with Gasteiger partial charge in [-0.05, 0) is 50.1 Å². The molecule has 3 heterocycles. The number of nitrogens with one attached hydrogen (secondary N) is 1. The number of fused-ring (bicyclic) bond motifs is 1. The van der Waals surface area contributed by atoms with Crippen LogP contribution in [0.3, 0.4) is 0 Å². The molecule has 0 bridgehead atoms. The van der Waals surface area contributed by atoms with Crippen LogP contribution in [-0.4, -0.2) is 37.9 Å². The van der Waals surface area contributed by atoms with E-state index in [-0.39, 0.29) is 6.04 Å². The van der Waals surface area contributed by atoms with E-state index >= 15 is 0 Å². The number of benzene rings is 1. The first-order valence-electron chi connectivity index (χ1n) is 10.1. The molecule has 0 unspecified atom stereocenters. The summed E-state index contributed by atoms with van der Waals surface area (Å²) in [6.45, 7) is 6.92. The molecule has 3 aromatic heterocycles. The molecule has 0 saturated heterocycles. The number of nitrogens with zero attached hydrogens (tertiary/aromatic N) is 5. The van der Waals surface area contributed by atoms with Crippen molar-refractivity contribution in [1.29, 1.82) is 0 Å². The van der Waals surface area contributed by atoms with Crippen LogP contribution in [0.25, 0.3) is 22.3 Å². The van der Waals surface area contributed by atoms with Gasteiger partial charge in [-0.15, -0.1) is 0 Å². The molecular weight excluding hydrogens is 376 g/mol. The first kappa shape index (κ1) is 19.8. The van der Waals surface area contributed by atoms with Crippen molar-refractivity contribution < 1.29 is 4.74 Å². The van der Waals surface area contributed by atoms with Crippen molar-refractivity contribution >= 4 is 16.7 Å². The van der Waals surface area contributed by atoms with Crippen LogP contribution < -0.4 is 10.1 Å². The first-order valence-corrected chi connectivity index (χ1v) is 10.1. The van der Waals surface area contributed by atoms with Crippen LogP contribution in [0, 0.1) is 0 Å². The molecule has 30 heavy (non-hydrogen) atoms.